The summed E-state index contributed by atoms with van der Waals surface area (Å²) in [5.41, 5.74) is 2.24. The van der Waals surface area contributed by atoms with Crippen LogP contribution in [0.15, 0.2) is 47.1 Å². The summed E-state index contributed by atoms with van der Waals surface area (Å²) in [5.74, 6) is 0.346. The van der Waals surface area contributed by atoms with Gasteiger partial charge in [-0.1, -0.05) is 18.2 Å². The molecule has 18 heavy (non-hydrogen) atoms. The number of furan rings is 1. The van der Waals surface area contributed by atoms with Gasteiger partial charge in [0.2, 0.25) is 0 Å². The van der Waals surface area contributed by atoms with Gasteiger partial charge in [-0.25, -0.2) is 0 Å². The molecule has 0 radical (unpaired) electrons. The summed E-state index contributed by atoms with van der Waals surface area (Å²) in [6, 6.07) is 11.7. The molecule has 1 atom stereocenters. The normalized spacial score (nSPS) is 18.5. The monoisotopic (exact) mass is 241 g/mol. The smallest absolute Gasteiger partial charge is 0.294 e. The number of para-hydroxylation sites is 1. The maximum atomic E-state index is 12.5. The number of amides is 1. The van der Waals surface area contributed by atoms with Crippen LogP contribution in [0.5, 0.6) is 0 Å². The van der Waals surface area contributed by atoms with Crippen LogP contribution in [0.2, 0.25) is 0 Å². The van der Waals surface area contributed by atoms with Crippen molar-refractivity contribution in [1.29, 1.82) is 0 Å². The first kappa shape index (κ1) is 11.1. The average Bonchev–Trinajstić information content (AvgIpc) is 2.92. The fourth-order valence-corrected chi connectivity index (χ4v) is 2.52. The SMILES string of the molecule is CC1CCc2ccccc2N1C(=O)c1ccco1. The molecule has 0 N–H and O–H groups in total. The average molecular weight is 241 g/mol. The highest BCUT2D eigenvalue weighted by Crippen LogP contribution is 2.31. The minimum absolute atomic E-state index is 0.0559. The first-order chi connectivity index (χ1) is 8.77. The number of hydrogen-bond donors (Lipinski definition) is 0. The maximum Gasteiger partial charge on any atom is 0.294 e. The number of aryl methyl sites for hydroxylation is 1. The van der Waals surface area contributed by atoms with Crippen molar-refractivity contribution in [2.24, 2.45) is 0 Å². The Labute approximate surface area is 106 Å². The lowest BCUT2D eigenvalue weighted by Crippen LogP contribution is -2.41. The van der Waals surface area contributed by atoms with Gasteiger partial charge in [0.05, 0.1) is 6.26 Å². The van der Waals surface area contributed by atoms with E-state index in [-0.39, 0.29) is 11.9 Å². The van der Waals surface area contributed by atoms with Crippen LogP contribution < -0.4 is 4.90 Å². The van der Waals surface area contributed by atoms with Crippen LogP contribution in [0.1, 0.15) is 29.5 Å². The number of anilines is 1. The summed E-state index contributed by atoms with van der Waals surface area (Å²) in [6.45, 7) is 2.08. The fourth-order valence-electron chi connectivity index (χ4n) is 2.52. The van der Waals surface area contributed by atoms with Crippen molar-refractivity contribution < 1.29 is 9.21 Å². The van der Waals surface area contributed by atoms with Crippen molar-refractivity contribution >= 4 is 11.6 Å². The van der Waals surface area contributed by atoms with Gasteiger partial charge in [-0.2, -0.15) is 0 Å². The Kier molecular flexibility index (Phi) is 2.67. The van der Waals surface area contributed by atoms with Crippen LogP contribution >= 0.6 is 0 Å². The molecule has 0 spiro atoms. The Hall–Kier alpha value is -2.03. The van der Waals surface area contributed by atoms with Gasteiger partial charge in [0.15, 0.2) is 5.76 Å². The summed E-state index contributed by atoms with van der Waals surface area (Å²) in [6.07, 6.45) is 3.55. The van der Waals surface area contributed by atoms with Crippen LogP contribution in [0.25, 0.3) is 0 Å². The third-order valence-corrected chi connectivity index (χ3v) is 3.47. The van der Waals surface area contributed by atoms with Crippen LogP contribution in [-0.4, -0.2) is 11.9 Å². The molecule has 0 saturated heterocycles. The lowest BCUT2D eigenvalue weighted by molar-refractivity contribution is 0.0948. The maximum absolute atomic E-state index is 12.5. The van der Waals surface area contributed by atoms with E-state index in [0.717, 1.165) is 18.5 Å². The van der Waals surface area contributed by atoms with Gasteiger partial charge in [0.1, 0.15) is 0 Å². The molecule has 1 unspecified atom stereocenters. The highest BCUT2D eigenvalue weighted by molar-refractivity contribution is 6.05. The van der Waals surface area contributed by atoms with Crippen LogP contribution in [0.3, 0.4) is 0 Å². The van der Waals surface area contributed by atoms with Gasteiger partial charge < -0.3 is 9.32 Å². The number of benzene rings is 1. The molecule has 0 bridgehead atoms. The molecule has 3 heteroatoms. The largest absolute Gasteiger partial charge is 0.459 e. The molecule has 2 heterocycles. The summed E-state index contributed by atoms with van der Waals surface area (Å²) >= 11 is 0. The van der Waals surface area contributed by atoms with E-state index in [4.69, 9.17) is 4.42 Å². The van der Waals surface area contributed by atoms with E-state index in [1.165, 1.54) is 11.8 Å². The summed E-state index contributed by atoms with van der Waals surface area (Å²) in [4.78, 5) is 14.3. The second kappa shape index (κ2) is 4.33. The number of nitrogens with zero attached hydrogens (tertiary/aromatic N) is 1. The topological polar surface area (TPSA) is 33.5 Å². The first-order valence-electron chi connectivity index (χ1n) is 6.22. The summed E-state index contributed by atoms with van der Waals surface area (Å²) in [5, 5.41) is 0. The number of rotatable bonds is 1. The van der Waals surface area contributed by atoms with Gasteiger partial charge in [-0.3, -0.25) is 4.79 Å². The summed E-state index contributed by atoms with van der Waals surface area (Å²) < 4.78 is 5.22. The van der Waals surface area contributed by atoms with Gasteiger partial charge in [0, 0.05) is 11.7 Å². The van der Waals surface area contributed by atoms with E-state index in [0.29, 0.717) is 5.76 Å². The van der Waals surface area contributed by atoms with Gasteiger partial charge in [-0.05, 0) is 43.5 Å². The van der Waals surface area contributed by atoms with Crippen LogP contribution in [-0.2, 0) is 6.42 Å². The lowest BCUT2D eigenvalue weighted by Gasteiger charge is -2.34. The molecule has 1 aliphatic heterocycles. The van der Waals surface area contributed by atoms with Gasteiger partial charge in [-0.15, -0.1) is 0 Å². The van der Waals surface area contributed by atoms with Crippen molar-refractivity contribution in [2.75, 3.05) is 4.90 Å². The highest BCUT2D eigenvalue weighted by Gasteiger charge is 2.29. The zero-order chi connectivity index (χ0) is 12.5. The fraction of sp³-hybridized carbons (Fsp3) is 0.267. The molecular formula is C15H15NO2. The van der Waals surface area contributed by atoms with E-state index < -0.39 is 0 Å². The highest BCUT2D eigenvalue weighted by atomic mass is 16.3. The molecule has 3 rings (SSSR count). The standard InChI is InChI=1S/C15H15NO2/c1-11-8-9-12-5-2-3-6-13(12)16(11)15(17)14-7-4-10-18-14/h2-7,10-11H,8-9H2,1H3. The quantitative estimate of drug-likeness (QED) is 0.767. The van der Waals surface area contributed by atoms with Crippen molar-refractivity contribution in [1.82, 2.24) is 0 Å². The van der Waals surface area contributed by atoms with E-state index in [9.17, 15) is 4.79 Å². The molecule has 1 amide bonds. The Morgan fingerprint density at radius 2 is 2.11 bits per heavy atom. The third-order valence-electron chi connectivity index (χ3n) is 3.47. The Bertz CT molecular complexity index is 560. The second-order valence-electron chi connectivity index (χ2n) is 4.67. The zero-order valence-corrected chi connectivity index (χ0v) is 10.3. The van der Waals surface area contributed by atoms with Gasteiger partial charge in [0.25, 0.3) is 5.91 Å². The lowest BCUT2D eigenvalue weighted by atomic mass is 9.96. The molecule has 2 aromatic rings. The predicted molar refractivity (Wildman–Crippen MR) is 69.7 cm³/mol. The molecule has 1 aromatic heterocycles. The van der Waals surface area contributed by atoms with Crippen molar-refractivity contribution in [3.63, 3.8) is 0 Å². The van der Waals surface area contributed by atoms with E-state index in [1.807, 2.05) is 23.1 Å². The van der Waals surface area contributed by atoms with Crippen LogP contribution in [0.4, 0.5) is 5.69 Å². The molecule has 1 aliphatic rings. The van der Waals surface area contributed by atoms with Crippen molar-refractivity contribution in [3.8, 4) is 0 Å². The molecule has 92 valence electrons. The van der Waals surface area contributed by atoms with Crippen molar-refractivity contribution in [2.45, 2.75) is 25.8 Å². The number of carbonyl (C=O) groups is 1. The Morgan fingerprint density at radius 3 is 2.89 bits per heavy atom. The first-order valence-corrected chi connectivity index (χ1v) is 6.22. The molecule has 0 saturated carbocycles. The molecule has 0 fully saturated rings. The Morgan fingerprint density at radius 1 is 1.28 bits per heavy atom. The molecular weight excluding hydrogens is 226 g/mol. The van der Waals surface area contributed by atoms with E-state index in [1.54, 1.807) is 12.1 Å². The minimum atomic E-state index is -0.0559. The van der Waals surface area contributed by atoms with E-state index in [2.05, 4.69) is 13.0 Å². The molecule has 3 nitrogen and oxygen atoms in total. The Balaban J connectivity index is 2.03. The van der Waals surface area contributed by atoms with Crippen molar-refractivity contribution in [3.05, 3.63) is 54.0 Å². The number of fused-ring (bicyclic) bond motifs is 1. The summed E-state index contributed by atoms with van der Waals surface area (Å²) in [7, 11) is 0. The minimum Gasteiger partial charge on any atom is -0.459 e. The zero-order valence-electron chi connectivity index (χ0n) is 10.3. The second-order valence-corrected chi connectivity index (χ2v) is 4.67. The predicted octanol–water partition coefficient (Wildman–Crippen LogP) is 3.26. The van der Waals surface area contributed by atoms with Gasteiger partial charge >= 0.3 is 0 Å². The third kappa shape index (κ3) is 1.72. The van der Waals surface area contributed by atoms with E-state index >= 15 is 0 Å². The number of carbonyl (C=O) groups excluding carboxylic acids is 1. The molecule has 0 aliphatic carbocycles. The number of hydrogen-bond acceptors (Lipinski definition) is 2. The van der Waals surface area contributed by atoms with Crippen LogP contribution in [0, 0.1) is 0 Å². The molecule has 1 aromatic carbocycles.